The molecule has 0 saturated carbocycles. The molecule has 4 heterocycles. The minimum absolute atomic E-state index is 0.00198. The van der Waals surface area contributed by atoms with Crippen molar-refractivity contribution in [1.29, 1.82) is 0 Å². The Bertz CT molecular complexity index is 2550. The molecule has 242 valence electrons. The number of rotatable bonds is 5. The number of para-hydroxylation sites is 2. The highest BCUT2D eigenvalue weighted by molar-refractivity contribution is 6.12. The monoisotopic (exact) mass is 648 g/mol. The summed E-state index contributed by atoms with van der Waals surface area (Å²) in [5.41, 5.74) is 10.8. The maximum absolute atomic E-state index is 3.82. The van der Waals surface area contributed by atoms with E-state index in [1.54, 1.807) is 0 Å². The Balaban J connectivity index is 1.01. The lowest BCUT2D eigenvalue weighted by Crippen LogP contribution is -2.60. The molecule has 8 aromatic rings. The van der Waals surface area contributed by atoms with E-state index in [2.05, 4.69) is 189 Å². The van der Waals surface area contributed by atoms with Crippen LogP contribution in [0.25, 0.3) is 60.6 Å². The molecule has 2 aliphatic heterocycles. The van der Waals surface area contributed by atoms with E-state index >= 15 is 0 Å². The molecule has 6 nitrogen and oxygen atoms in total. The molecule has 0 bridgehead atoms. The van der Waals surface area contributed by atoms with Crippen molar-refractivity contribution in [3.05, 3.63) is 174 Å². The van der Waals surface area contributed by atoms with Crippen molar-refractivity contribution in [3.63, 3.8) is 0 Å². The van der Waals surface area contributed by atoms with Crippen molar-refractivity contribution >= 4 is 49.4 Å². The molecule has 0 amide bonds. The van der Waals surface area contributed by atoms with Crippen molar-refractivity contribution in [2.75, 3.05) is 6.54 Å². The van der Waals surface area contributed by atoms with Crippen LogP contribution >= 0.6 is 0 Å². The second-order valence-electron chi connectivity index (χ2n) is 13.3. The lowest BCUT2D eigenvalue weighted by Gasteiger charge is -2.41. The summed E-state index contributed by atoms with van der Waals surface area (Å²) in [5.74, 6) is 1.07. The zero-order valence-corrected chi connectivity index (χ0v) is 27.4. The average Bonchev–Trinajstić information content (AvgIpc) is 3.73. The molecule has 5 N–H and O–H groups in total. The fraction of sp³-hybridized carbons (Fsp3) is 0.0909. The highest BCUT2D eigenvalue weighted by Crippen LogP contribution is 2.36. The van der Waals surface area contributed by atoms with E-state index in [0.717, 1.165) is 17.9 Å². The summed E-state index contributed by atoms with van der Waals surface area (Å²) in [5, 5.41) is 20.2. The fourth-order valence-corrected chi connectivity index (χ4v) is 7.82. The Morgan fingerprint density at radius 1 is 0.460 bits per heavy atom. The quantitative estimate of drug-likeness (QED) is 0.129. The predicted octanol–water partition coefficient (Wildman–Crippen LogP) is 8.93. The standard InChI is InChI=1S/C44H36N6/c1-3-11-28(12-4-1)42-47-43(29-13-5-2-6-14-29)49-44(48-42)32-21-24-41(45-27-32)50-39-18-10-8-16-34(39)36-26-31(20-23-40(36)50)30-19-22-38-35(25-30)33-15-7-9-17-37(33)46-38/h1-26,42-49H,27H2. The second kappa shape index (κ2) is 11.9. The van der Waals surface area contributed by atoms with Crippen LogP contribution < -0.4 is 21.3 Å². The molecule has 50 heavy (non-hydrogen) atoms. The van der Waals surface area contributed by atoms with Crippen molar-refractivity contribution < 1.29 is 0 Å². The zero-order valence-electron chi connectivity index (χ0n) is 27.4. The zero-order chi connectivity index (χ0) is 33.0. The molecule has 2 unspecified atom stereocenters. The molecule has 6 aromatic carbocycles. The van der Waals surface area contributed by atoms with Crippen LogP contribution in [0.15, 0.2) is 163 Å². The summed E-state index contributed by atoms with van der Waals surface area (Å²) in [6.45, 7) is 0.718. The first kappa shape index (κ1) is 29.0. The first-order valence-corrected chi connectivity index (χ1v) is 17.3. The van der Waals surface area contributed by atoms with E-state index in [0.29, 0.717) is 0 Å². The molecule has 1 saturated heterocycles. The van der Waals surface area contributed by atoms with E-state index in [1.807, 2.05) is 0 Å². The van der Waals surface area contributed by atoms with Gasteiger partial charge in [0.25, 0.3) is 0 Å². The maximum atomic E-state index is 3.82. The Morgan fingerprint density at radius 3 is 1.76 bits per heavy atom. The van der Waals surface area contributed by atoms with Crippen LogP contribution in [0, 0.1) is 0 Å². The SMILES string of the molecule is C1=C(C2NC(c3ccccc3)NC(c3ccccc3)N2)CNC(n2c3ccccc3c3cc(-c4ccc5[nH]c6ccccc6c5c4)ccc32)=C1. The summed E-state index contributed by atoms with van der Waals surface area (Å²) < 4.78 is 2.37. The van der Waals surface area contributed by atoms with Crippen LogP contribution in [0.3, 0.4) is 0 Å². The first-order valence-electron chi connectivity index (χ1n) is 17.3. The van der Waals surface area contributed by atoms with Crippen LogP contribution in [-0.4, -0.2) is 22.3 Å². The number of hydrogen-bond acceptors (Lipinski definition) is 4. The molecule has 0 aliphatic carbocycles. The lowest BCUT2D eigenvalue weighted by molar-refractivity contribution is 0.220. The van der Waals surface area contributed by atoms with Gasteiger partial charge in [0.15, 0.2) is 0 Å². The third-order valence-electron chi connectivity index (χ3n) is 10.3. The molecule has 10 rings (SSSR count). The number of dihydropyridines is 1. The normalized spacial score (nSPS) is 19.5. The topological polar surface area (TPSA) is 68.8 Å². The molecule has 0 radical (unpaired) electrons. The molecule has 0 spiro atoms. The first-order chi connectivity index (χ1) is 24.8. The summed E-state index contributed by atoms with van der Waals surface area (Å²) in [7, 11) is 0. The van der Waals surface area contributed by atoms with Gasteiger partial charge in [-0.1, -0.05) is 115 Å². The van der Waals surface area contributed by atoms with Gasteiger partial charge < -0.3 is 10.3 Å². The highest BCUT2D eigenvalue weighted by atomic mass is 15.4. The van der Waals surface area contributed by atoms with Crippen LogP contribution in [0.5, 0.6) is 0 Å². The number of H-pyrrole nitrogens is 1. The van der Waals surface area contributed by atoms with Crippen LogP contribution in [-0.2, 0) is 0 Å². The summed E-state index contributed by atoms with van der Waals surface area (Å²) in [6, 6.07) is 52.1. The number of allylic oxidation sites excluding steroid dienone is 2. The number of fused-ring (bicyclic) bond motifs is 6. The van der Waals surface area contributed by atoms with Crippen molar-refractivity contribution in [2.24, 2.45) is 0 Å². The second-order valence-corrected chi connectivity index (χ2v) is 13.3. The average molecular weight is 649 g/mol. The van der Waals surface area contributed by atoms with E-state index < -0.39 is 0 Å². The third kappa shape index (κ3) is 4.92. The largest absolute Gasteiger partial charge is 0.367 e. The van der Waals surface area contributed by atoms with Gasteiger partial charge in [0.1, 0.15) is 5.82 Å². The maximum Gasteiger partial charge on any atom is 0.111 e. The Labute approximate surface area is 290 Å². The van der Waals surface area contributed by atoms with E-state index in [1.165, 1.54) is 65.9 Å². The van der Waals surface area contributed by atoms with Gasteiger partial charge in [0, 0.05) is 39.1 Å². The van der Waals surface area contributed by atoms with Crippen LogP contribution in [0.2, 0.25) is 0 Å². The molecule has 2 aliphatic rings. The fourth-order valence-electron chi connectivity index (χ4n) is 7.82. The van der Waals surface area contributed by atoms with Gasteiger partial charge in [-0.2, -0.15) is 0 Å². The number of hydrogen-bond donors (Lipinski definition) is 5. The van der Waals surface area contributed by atoms with Gasteiger partial charge in [0.2, 0.25) is 0 Å². The van der Waals surface area contributed by atoms with Gasteiger partial charge in [-0.3, -0.25) is 20.5 Å². The Morgan fingerprint density at radius 2 is 1.04 bits per heavy atom. The lowest BCUT2D eigenvalue weighted by atomic mass is 10.0. The highest BCUT2D eigenvalue weighted by Gasteiger charge is 2.31. The molecule has 1 fully saturated rings. The van der Waals surface area contributed by atoms with Crippen molar-refractivity contribution in [3.8, 4) is 11.1 Å². The van der Waals surface area contributed by atoms with Gasteiger partial charge in [0.05, 0.1) is 29.5 Å². The molecular weight excluding hydrogens is 613 g/mol. The van der Waals surface area contributed by atoms with Gasteiger partial charge in [-0.25, -0.2) is 0 Å². The van der Waals surface area contributed by atoms with Gasteiger partial charge >= 0.3 is 0 Å². The summed E-state index contributed by atoms with van der Waals surface area (Å²) in [4.78, 5) is 3.56. The molecular formula is C44H36N6. The Kier molecular flexibility index (Phi) is 6.91. The van der Waals surface area contributed by atoms with Gasteiger partial charge in [-0.05, 0) is 70.3 Å². The molecule has 6 heteroatoms. The number of benzene rings is 6. The van der Waals surface area contributed by atoms with Crippen LogP contribution in [0.1, 0.15) is 23.5 Å². The molecule has 2 aromatic heterocycles. The number of nitrogens with one attached hydrogen (secondary N) is 5. The number of aromatic nitrogens is 2. The summed E-state index contributed by atoms with van der Waals surface area (Å²) in [6.07, 6.45) is 4.48. The van der Waals surface area contributed by atoms with Crippen LogP contribution in [0.4, 0.5) is 0 Å². The number of nitrogens with zero attached hydrogens (tertiary/aromatic N) is 1. The predicted molar refractivity (Wildman–Crippen MR) is 206 cm³/mol. The van der Waals surface area contributed by atoms with Gasteiger partial charge in [-0.15, -0.1) is 0 Å². The smallest absolute Gasteiger partial charge is 0.111 e. The Hall–Kier alpha value is -5.92. The van der Waals surface area contributed by atoms with E-state index in [9.17, 15) is 0 Å². The van der Waals surface area contributed by atoms with Crippen molar-refractivity contribution in [1.82, 2.24) is 30.8 Å². The minimum Gasteiger partial charge on any atom is -0.367 e. The van der Waals surface area contributed by atoms with E-state index in [-0.39, 0.29) is 18.5 Å². The third-order valence-corrected chi connectivity index (χ3v) is 10.3. The molecule has 2 atom stereocenters. The van der Waals surface area contributed by atoms with E-state index in [4.69, 9.17) is 0 Å². The summed E-state index contributed by atoms with van der Waals surface area (Å²) >= 11 is 0. The minimum atomic E-state index is -0.0212. The van der Waals surface area contributed by atoms with Crippen molar-refractivity contribution in [2.45, 2.75) is 18.5 Å². The number of aromatic amines is 1.